The molecule has 2 rings (SSSR count). The molecular weight excluding hydrogens is 276 g/mol. The third kappa shape index (κ3) is 3.94. The standard InChI is InChI=1S/C14H14N2OS2/c1-17-12-4-2-10(3-5-12)9-19-13-8-11(14(15)18)6-7-16-13/h2-8H,9H2,1H3,(H2,15,18). The van der Waals surface area contributed by atoms with Crippen molar-refractivity contribution in [2.45, 2.75) is 10.8 Å². The second kappa shape index (κ2) is 6.54. The molecule has 1 heterocycles. The first-order valence-electron chi connectivity index (χ1n) is 5.70. The minimum absolute atomic E-state index is 0.397. The number of hydrogen-bond acceptors (Lipinski definition) is 4. The van der Waals surface area contributed by atoms with Gasteiger partial charge in [0, 0.05) is 17.5 Å². The molecule has 98 valence electrons. The highest BCUT2D eigenvalue weighted by molar-refractivity contribution is 7.98. The Morgan fingerprint density at radius 1 is 1.32 bits per heavy atom. The summed E-state index contributed by atoms with van der Waals surface area (Å²) in [6, 6.07) is 11.7. The fourth-order valence-electron chi connectivity index (χ4n) is 1.52. The summed E-state index contributed by atoms with van der Waals surface area (Å²) in [4.78, 5) is 4.69. The van der Waals surface area contributed by atoms with Gasteiger partial charge in [0.15, 0.2) is 0 Å². The number of nitrogens with two attached hydrogens (primary N) is 1. The smallest absolute Gasteiger partial charge is 0.118 e. The van der Waals surface area contributed by atoms with Crippen molar-refractivity contribution in [3.05, 3.63) is 53.7 Å². The fourth-order valence-corrected chi connectivity index (χ4v) is 2.50. The first-order valence-corrected chi connectivity index (χ1v) is 7.10. The number of pyridine rings is 1. The van der Waals surface area contributed by atoms with Crippen molar-refractivity contribution in [1.82, 2.24) is 4.98 Å². The molecule has 0 radical (unpaired) electrons. The summed E-state index contributed by atoms with van der Waals surface area (Å²) >= 11 is 6.61. The Balaban J connectivity index is 2.01. The average molecular weight is 290 g/mol. The molecule has 0 aliphatic rings. The van der Waals surface area contributed by atoms with Crippen LogP contribution in [0.2, 0.25) is 0 Å². The Morgan fingerprint density at radius 2 is 2.05 bits per heavy atom. The van der Waals surface area contributed by atoms with E-state index in [2.05, 4.69) is 4.98 Å². The van der Waals surface area contributed by atoms with E-state index in [1.807, 2.05) is 36.4 Å². The lowest BCUT2D eigenvalue weighted by atomic mass is 10.2. The highest BCUT2D eigenvalue weighted by Crippen LogP contribution is 2.22. The highest BCUT2D eigenvalue weighted by Gasteiger charge is 2.01. The Morgan fingerprint density at radius 3 is 2.68 bits per heavy atom. The lowest BCUT2D eigenvalue weighted by molar-refractivity contribution is 0.414. The van der Waals surface area contributed by atoms with Crippen molar-refractivity contribution in [3.8, 4) is 5.75 Å². The molecule has 1 aromatic heterocycles. The number of benzene rings is 1. The van der Waals surface area contributed by atoms with Crippen molar-refractivity contribution in [2.24, 2.45) is 5.73 Å². The molecule has 2 aromatic rings. The van der Waals surface area contributed by atoms with Gasteiger partial charge in [0.1, 0.15) is 10.7 Å². The number of rotatable bonds is 5. The van der Waals surface area contributed by atoms with Gasteiger partial charge in [0.25, 0.3) is 0 Å². The lowest BCUT2D eigenvalue weighted by Crippen LogP contribution is -2.09. The van der Waals surface area contributed by atoms with Crippen LogP contribution in [0.1, 0.15) is 11.1 Å². The molecule has 2 N–H and O–H groups in total. The molecule has 0 atom stereocenters. The number of ether oxygens (including phenoxy) is 1. The van der Waals surface area contributed by atoms with Crippen molar-refractivity contribution in [1.29, 1.82) is 0 Å². The van der Waals surface area contributed by atoms with E-state index in [0.717, 1.165) is 22.1 Å². The van der Waals surface area contributed by atoms with Gasteiger partial charge in [0.2, 0.25) is 0 Å². The van der Waals surface area contributed by atoms with Gasteiger partial charge in [-0.25, -0.2) is 4.98 Å². The van der Waals surface area contributed by atoms with Crippen LogP contribution in [0.5, 0.6) is 5.75 Å². The quantitative estimate of drug-likeness (QED) is 0.677. The van der Waals surface area contributed by atoms with Gasteiger partial charge < -0.3 is 10.5 Å². The number of thioether (sulfide) groups is 1. The normalized spacial score (nSPS) is 10.2. The van der Waals surface area contributed by atoms with E-state index in [9.17, 15) is 0 Å². The third-order valence-corrected chi connectivity index (χ3v) is 3.80. The Labute approximate surface area is 122 Å². The van der Waals surface area contributed by atoms with Crippen molar-refractivity contribution >= 4 is 29.0 Å². The van der Waals surface area contributed by atoms with Gasteiger partial charge in [0.05, 0.1) is 12.1 Å². The van der Waals surface area contributed by atoms with E-state index in [1.54, 1.807) is 25.1 Å². The van der Waals surface area contributed by atoms with Crippen LogP contribution in [0.4, 0.5) is 0 Å². The van der Waals surface area contributed by atoms with E-state index in [-0.39, 0.29) is 0 Å². The molecule has 5 heteroatoms. The molecule has 0 aliphatic carbocycles. The molecule has 0 saturated heterocycles. The molecule has 0 fully saturated rings. The zero-order valence-electron chi connectivity index (χ0n) is 10.5. The van der Waals surface area contributed by atoms with Crippen LogP contribution in [0.25, 0.3) is 0 Å². The number of methoxy groups -OCH3 is 1. The Hall–Kier alpha value is -1.59. The van der Waals surface area contributed by atoms with Crippen LogP contribution in [0.15, 0.2) is 47.6 Å². The van der Waals surface area contributed by atoms with E-state index in [0.29, 0.717) is 4.99 Å². The van der Waals surface area contributed by atoms with Crippen LogP contribution in [0, 0.1) is 0 Å². The molecule has 0 bridgehead atoms. The molecule has 0 spiro atoms. The maximum atomic E-state index is 5.60. The van der Waals surface area contributed by atoms with E-state index in [4.69, 9.17) is 22.7 Å². The number of hydrogen-bond donors (Lipinski definition) is 1. The molecule has 3 nitrogen and oxygen atoms in total. The predicted octanol–water partition coefficient (Wildman–Crippen LogP) is 3.02. The van der Waals surface area contributed by atoms with Gasteiger partial charge in [-0.1, -0.05) is 24.4 Å². The zero-order valence-corrected chi connectivity index (χ0v) is 12.1. The zero-order chi connectivity index (χ0) is 13.7. The van der Waals surface area contributed by atoms with Gasteiger partial charge in [-0.2, -0.15) is 0 Å². The first kappa shape index (κ1) is 13.8. The van der Waals surface area contributed by atoms with Gasteiger partial charge in [-0.05, 0) is 29.8 Å². The average Bonchev–Trinajstić information content (AvgIpc) is 2.46. The molecule has 0 unspecified atom stereocenters. The van der Waals surface area contributed by atoms with Crippen molar-refractivity contribution in [3.63, 3.8) is 0 Å². The van der Waals surface area contributed by atoms with Crippen LogP contribution in [-0.2, 0) is 5.75 Å². The second-order valence-corrected chi connectivity index (χ2v) is 5.32. The summed E-state index contributed by atoms with van der Waals surface area (Å²) in [5, 5.41) is 0.918. The molecule has 1 aromatic carbocycles. The van der Waals surface area contributed by atoms with Crippen LogP contribution in [-0.4, -0.2) is 17.1 Å². The van der Waals surface area contributed by atoms with Crippen molar-refractivity contribution < 1.29 is 4.74 Å². The predicted molar refractivity (Wildman–Crippen MR) is 82.7 cm³/mol. The number of nitrogens with zero attached hydrogens (tertiary/aromatic N) is 1. The summed E-state index contributed by atoms with van der Waals surface area (Å²) in [5.41, 5.74) is 7.67. The largest absolute Gasteiger partial charge is 0.497 e. The minimum atomic E-state index is 0.397. The summed E-state index contributed by atoms with van der Waals surface area (Å²) < 4.78 is 5.13. The van der Waals surface area contributed by atoms with Gasteiger partial charge in [-0.3, -0.25) is 0 Å². The minimum Gasteiger partial charge on any atom is -0.497 e. The molecular formula is C14H14N2OS2. The van der Waals surface area contributed by atoms with Crippen LogP contribution < -0.4 is 10.5 Å². The number of aromatic nitrogens is 1. The monoisotopic (exact) mass is 290 g/mol. The summed E-state index contributed by atoms with van der Waals surface area (Å²) in [6.07, 6.45) is 1.73. The van der Waals surface area contributed by atoms with Crippen LogP contribution >= 0.6 is 24.0 Å². The summed E-state index contributed by atoms with van der Waals surface area (Å²) in [5.74, 6) is 1.71. The maximum Gasteiger partial charge on any atom is 0.118 e. The Bertz CT molecular complexity index is 570. The van der Waals surface area contributed by atoms with Crippen LogP contribution in [0.3, 0.4) is 0 Å². The molecule has 0 amide bonds. The first-order chi connectivity index (χ1) is 9.19. The fraction of sp³-hybridized carbons (Fsp3) is 0.143. The third-order valence-electron chi connectivity index (χ3n) is 2.57. The summed E-state index contributed by atoms with van der Waals surface area (Å²) in [6.45, 7) is 0. The SMILES string of the molecule is COc1ccc(CSc2cc(C(N)=S)ccn2)cc1. The molecule has 0 aliphatic heterocycles. The van der Waals surface area contributed by atoms with E-state index in [1.165, 1.54) is 5.56 Å². The summed E-state index contributed by atoms with van der Waals surface area (Å²) in [7, 11) is 1.66. The Kier molecular flexibility index (Phi) is 4.76. The maximum absolute atomic E-state index is 5.60. The molecule has 19 heavy (non-hydrogen) atoms. The van der Waals surface area contributed by atoms with E-state index >= 15 is 0 Å². The topological polar surface area (TPSA) is 48.1 Å². The van der Waals surface area contributed by atoms with Gasteiger partial charge >= 0.3 is 0 Å². The number of thiocarbonyl (C=S) groups is 1. The second-order valence-electron chi connectivity index (χ2n) is 3.88. The van der Waals surface area contributed by atoms with Crippen molar-refractivity contribution in [2.75, 3.05) is 7.11 Å². The van der Waals surface area contributed by atoms with E-state index < -0.39 is 0 Å². The lowest BCUT2D eigenvalue weighted by Gasteiger charge is -2.04. The highest BCUT2D eigenvalue weighted by atomic mass is 32.2. The van der Waals surface area contributed by atoms with Gasteiger partial charge in [-0.15, -0.1) is 11.8 Å². The molecule has 0 saturated carbocycles.